The van der Waals surface area contributed by atoms with Gasteiger partial charge < -0.3 is 0 Å². The van der Waals surface area contributed by atoms with Crippen LogP contribution in [0.15, 0.2) is 0 Å². The predicted octanol–water partition coefficient (Wildman–Crippen LogP) is 2.46. The third-order valence-electron chi connectivity index (χ3n) is 2.62. The van der Waals surface area contributed by atoms with Crippen LogP contribution in [0.5, 0.6) is 0 Å². The topological polar surface area (TPSA) is 17.8 Å². The van der Waals surface area contributed by atoms with Gasteiger partial charge in [0, 0.05) is 12.7 Å². The standard InChI is InChI=1S/C10H18N2S/c1-7(5-6-13)10-8(2)11-12(4)9(10)3/h7,13H,5-6H2,1-4H3. The van der Waals surface area contributed by atoms with Crippen LogP contribution in [0.1, 0.15) is 36.2 Å². The highest BCUT2D eigenvalue weighted by molar-refractivity contribution is 7.80. The van der Waals surface area contributed by atoms with E-state index in [4.69, 9.17) is 0 Å². The van der Waals surface area contributed by atoms with Crippen molar-refractivity contribution in [1.82, 2.24) is 9.78 Å². The Kier molecular flexibility index (Phi) is 3.42. The van der Waals surface area contributed by atoms with Gasteiger partial charge in [0.15, 0.2) is 0 Å². The Morgan fingerprint density at radius 1 is 1.46 bits per heavy atom. The van der Waals surface area contributed by atoms with Gasteiger partial charge in [0.1, 0.15) is 0 Å². The summed E-state index contributed by atoms with van der Waals surface area (Å²) in [4.78, 5) is 0. The molecule has 3 heteroatoms. The number of thiol groups is 1. The van der Waals surface area contributed by atoms with Crippen LogP contribution in [0.25, 0.3) is 0 Å². The summed E-state index contributed by atoms with van der Waals surface area (Å²) < 4.78 is 1.96. The molecular formula is C10H18N2S. The zero-order valence-electron chi connectivity index (χ0n) is 8.83. The van der Waals surface area contributed by atoms with E-state index in [9.17, 15) is 0 Å². The Bertz CT molecular complexity index is 291. The zero-order chi connectivity index (χ0) is 10.0. The molecule has 1 atom stereocenters. The average molecular weight is 198 g/mol. The minimum absolute atomic E-state index is 0.575. The highest BCUT2D eigenvalue weighted by atomic mass is 32.1. The van der Waals surface area contributed by atoms with Crippen LogP contribution in [0.4, 0.5) is 0 Å². The minimum atomic E-state index is 0.575. The second-order valence-electron chi connectivity index (χ2n) is 3.62. The van der Waals surface area contributed by atoms with Gasteiger partial charge in [0.25, 0.3) is 0 Å². The summed E-state index contributed by atoms with van der Waals surface area (Å²) in [5.74, 6) is 1.51. The second kappa shape index (κ2) is 4.18. The fourth-order valence-electron chi connectivity index (χ4n) is 1.84. The highest BCUT2D eigenvalue weighted by Crippen LogP contribution is 2.25. The molecule has 0 aliphatic rings. The van der Waals surface area contributed by atoms with E-state index in [0.29, 0.717) is 5.92 Å². The van der Waals surface area contributed by atoms with Crippen LogP contribution in [0, 0.1) is 13.8 Å². The molecule has 0 amide bonds. The maximum Gasteiger partial charge on any atom is 0.0631 e. The van der Waals surface area contributed by atoms with Gasteiger partial charge in [-0.3, -0.25) is 4.68 Å². The van der Waals surface area contributed by atoms with Crippen molar-refractivity contribution in [2.45, 2.75) is 33.1 Å². The Morgan fingerprint density at radius 2 is 2.08 bits per heavy atom. The molecule has 13 heavy (non-hydrogen) atoms. The van der Waals surface area contributed by atoms with Crippen LogP contribution in [0.2, 0.25) is 0 Å². The van der Waals surface area contributed by atoms with E-state index in [0.717, 1.165) is 17.9 Å². The molecule has 0 saturated carbocycles. The van der Waals surface area contributed by atoms with E-state index in [1.165, 1.54) is 11.3 Å². The Labute approximate surface area is 85.7 Å². The van der Waals surface area contributed by atoms with Crippen molar-refractivity contribution in [2.24, 2.45) is 7.05 Å². The largest absolute Gasteiger partial charge is 0.272 e. The van der Waals surface area contributed by atoms with E-state index >= 15 is 0 Å². The number of hydrogen-bond acceptors (Lipinski definition) is 2. The summed E-state index contributed by atoms with van der Waals surface area (Å²) in [5.41, 5.74) is 3.85. The van der Waals surface area contributed by atoms with E-state index in [-0.39, 0.29) is 0 Å². The molecule has 0 aliphatic heterocycles. The molecule has 0 aliphatic carbocycles. The molecule has 0 aromatic carbocycles. The summed E-state index contributed by atoms with van der Waals surface area (Å²) in [6.45, 7) is 6.45. The molecule has 0 fully saturated rings. The number of nitrogens with zero attached hydrogens (tertiary/aromatic N) is 2. The fourth-order valence-corrected chi connectivity index (χ4v) is 2.23. The molecule has 2 nitrogen and oxygen atoms in total. The quantitative estimate of drug-likeness (QED) is 0.739. The van der Waals surface area contributed by atoms with Gasteiger partial charge in [-0.05, 0) is 37.5 Å². The van der Waals surface area contributed by atoms with Crippen LogP contribution >= 0.6 is 12.6 Å². The van der Waals surface area contributed by atoms with Gasteiger partial charge in [-0.25, -0.2) is 0 Å². The maximum atomic E-state index is 4.41. The summed E-state index contributed by atoms with van der Waals surface area (Å²) in [7, 11) is 2.00. The van der Waals surface area contributed by atoms with Crippen molar-refractivity contribution in [2.75, 3.05) is 5.75 Å². The molecular weight excluding hydrogens is 180 g/mol. The number of aryl methyl sites for hydroxylation is 2. The van der Waals surface area contributed by atoms with Crippen molar-refractivity contribution in [3.63, 3.8) is 0 Å². The van der Waals surface area contributed by atoms with E-state index in [1.54, 1.807) is 0 Å². The lowest BCUT2D eigenvalue weighted by molar-refractivity contribution is 0.712. The second-order valence-corrected chi connectivity index (χ2v) is 4.07. The molecule has 74 valence electrons. The van der Waals surface area contributed by atoms with Gasteiger partial charge in [0.05, 0.1) is 5.69 Å². The van der Waals surface area contributed by atoms with Crippen molar-refractivity contribution in [3.05, 3.63) is 17.0 Å². The number of rotatable bonds is 3. The van der Waals surface area contributed by atoms with Crippen molar-refractivity contribution < 1.29 is 0 Å². The lowest BCUT2D eigenvalue weighted by Gasteiger charge is -2.10. The van der Waals surface area contributed by atoms with Gasteiger partial charge in [-0.1, -0.05) is 6.92 Å². The Morgan fingerprint density at radius 3 is 2.46 bits per heavy atom. The Balaban J connectivity index is 2.98. The van der Waals surface area contributed by atoms with E-state index in [1.807, 2.05) is 11.7 Å². The molecule has 0 saturated heterocycles. The van der Waals surface area contributed by atoms with Crippen LogP contribution < -0.4 is 0 Å². The summed E-state index contributed by atoms with van der Waals surface area (Å²) in [6, 6.07) is 0. The molecule has 0 radical (unpaired) electrons. The smallest absolute Gasteiger partial charge is 0.0631 e. The van der Waals surface area contributed by atoms with Crippen molar-refractivity contribution in [3.8, 4) is 0 Å². The van der Waals surface area contributed by atoms with Gasteiger partial charge in [0.2, 0.25) is 0 Å². The number of aromatic nitrogens is 2. The van der Waals surface area contributed by atoms with E-state index < -0.39 is 0 Å². The van der Waals surface area contributed by atoms with Gasteiger partial charge >= 0.3 is 0 Å². The van der Waals surface area contributed by atoms with E-state index in [2.05, 4.69) is 38.5 Å². The third kappa shape index (κ3) is 2.08. The Hall–Kier alpha value is -0.440. The molecule has 1 aromatic rings. The average Bonchev–Trinajstić information content (AvgIpc) is 2.27. The van der Waals surface area contributed by atoms with Crippen molar-refractivity contribution in [1.29, 1.82) is 0 Å². The van der Waals surface area contributed by atoms with Gasteiger partial charge in [-0.15, -0.1) is 0 Å². The molecule has 0 spiro atoms. The van der Waals surface area contributed by atoms with Crippen LogP contribution in [-0.4, -0.2) is 15.5 Å². The zero-order valence-corrected chi connectivity index (χ0v) is 9.73. The first-order valence-electron chi connectivity index (χ1n) is 4.68. The maximum absolute atomic E-state index is 4.41. The molecule has 0 N–H and O–H groups in total. The molecule has 1 rings (SSSR count). The molecule has 1 heterocycles. The first kappa shape index (κ1) is 10.6. The lowest BCUT2D eigenvalue weighted by Crippen LogP contribution is -1.99. The monoisotopic (exact) mass is 198 g/mol. The molecule has 1 unspecified atom stereocenters. The SMILES string of the molecule is Cc1nn(C)c(C)c1C(C)CCS. The number of hydrogen-bond donors (Lipinski definition) is 1. The minimum Gasteiger partial charge on any atom is -0.272 e. The first-order chi connectivity index (χ1) is 6.07. The fraction of sp³-hybridized carbons (Fsp3) is 0.700. The molecule has 1 aromatic heterocycles. The molecule has 0 bridgehead atoms. The highest BCUT2D eigenvalue weighted by Gasteiger charge is 2.14. The third-order valence-corrected chi connectivity index (χ3v) is 2.88. The van der Waals surface area contributed by atoms with Crippen molar-refractivity contribution >= 4 is 12.6 Å². The lowest BCUT2D eigenvalue weighted by atomic mass is 9.97. The summed E-state index contributed by atoms with van der Waals surface area (Å²) in [5, 5.41) is 4.41. The first-order valence-corrected chi connectivity index (χ1v) is 5.32. The summed E-state index contributed by atoms with van der Waals surface area (Å²) in [6.07, 6.45) is 1.12. The van der Waals surface area contributed by atoms with Gasteiger partial charge in [-0.2, -0.15) is 17.7 Å². The summed E-state index contributed by atoms with van der Waals surface area (Å²) >= 11 is 4.26. The van der Waals surface area contributed by atoms with Crippen LogP contribution in [0.3, 0.4) is 0 Å². The predicted molar refractivity (Wildman–Crippen MR) is 59.6 cm³/mol. The van der Waals surface area contributed by atoms with Crippen LogP contribution in [-0.2, 0) is 7.05 Å². The normalized spacial score (nSPS) is 13.3.